The van der Waals surface area contributed by atoms with E-state index in [0.717, 1.165) is 32.1 Å². The molecule has 0 aromatic rings. The lowest BCUT2D eigenvalue weighted by molar-refractivity contribution is -0.870. The standard InChI is InChI=1S/C42H80NO8P/c1-6-8-10-12-14-16-18-20-21-23-24-26-28-30-32-34-41(44)48-38-40(39-50-52(46,47)49-37-36-43(3,4)5)51-42(45)35-33-31-29-27-25-22-19-17-15-13-11-9-7-2/h29,31,33,35,40H,6-28,30,32,34,36-39H2,1-5H3/p+1/t40-/m1/s1. The van der Waals surface area contributed by atoms with Crippen molar-refractivity contribution < 1.29 is 42.1 Å². The second kappa shape index (κ2) is 35.2. The number of rotatable bonds is 38. The molecule has 1 N–H and O–H groups in total. The topological polar surface area (TPSA) is 108 Å². The van der Waals surface area contributed by atoms with Crippen molar-refractivity contribution in [3.8, 4) is 0 Å². The van der Waals surface area contributed by atoms with Crippen LogP contribution in [0.25, 0.3) is 0 Å². The van der Waals surface area contributed by atoms with E-state index in [-0.39, 0.29) is 19.6 Å². The number of carbonyl (C=O) groups excluding carboxylic acids is 2. The van der Waals surface area contributed by atoms with Gasteiger partial charge in [0.05, 0.1) is 27.7 Å². The van der Waals surface area contributed by atoms with Crippen LogP contribution in [0.1, 0.15) is 181 Å². The molecule has 0 saturated heterocycles. The van der Waals surface area contributed by atoms with Crippen LogP contribution in [0.3, 0.4) is 0 Å². The van der Waals surface area contributed by atoms with Crippen molar-refractivity contribution in [2.24, 2.45) is 0 Å². The maximum absolute atomic E-state index is 12.5. The van der Waals surface area contributed by atoms with Crippen molar-refractivity contribution in [2.75, 3.05) is 47.5 Å². The van der Waals surface area contributed by atoms with Gasteiger partial charge in [-0.05, 0) is 19.3 Å². The van der Waals surface area contributed by atoms with Crippen LogP contribution in [0.5, 0.6) is 0 Å². The molecule has 0 fully saturated rings. The van der Waals surface area contributed by atoms with Gasteiger partial charge in [0.2, 0.25) is 0 Å². The monoisotopic (exact) mass is 759 g/mol. The molecule has 0 bridgehead atoms. The Morgan fingerprint density at radius 3 is 1.58 bits per heavy atom. The fourth-order valence-electron chi connectivity index (χ4n) is 5.74. The molecule has 0 heterocycles. The second-order valence-corrected chi connectivity index (χ2v) is 16.9. The molecule has 0 radical (unpaired) electrons. The normalized spacial score (nSPS) is 13.9. The lowest BCUT2D eigenvalue weighted by atomic mass is 10.0. The zero-order chi connectivity index (χ0) is 38.6. The summed E-state index contributed by atoms with van der Waals surface area (Å²) in [5.74, 6) is -1.05. The predicted molar refractivity (Wildman–Crippen MR) is 215 cm³/mol. The number of phosphoric ester groups is 1. The number of likely N-dealkylation sites (N-methyl/N-ethyl adjacent to an activating group) is 1. The molecule has 10 heteroatoms. The highest BCUT2D eigenvalue weighted by Crippen LogP contribution is 2.43. The molecular formula is C42H81NO8P+. The van der Waals surface area contributed by atoms with Crippen molar-refractivity contribution in [1.29, 1.82) is 0 Å². The highest BCUT2D eigenvalue weighted by Gasteiger charge is 2.26. The first-order chi connectivity index (χ1) is 25.0. The molecule has 1 unspecified atom stereocenters. The minimum atomic E-state index is -4.39. The Kier molecular flexibility index (Phi) is 34.2. The van der Waals surface area contributed by atoms with E-state index in [1.165, 1.54) is 134 Å². The van der Waals surface area contributed by atoms with Crippen LogP contribution in [-0.2, 0) is 32.7 Å². The van der Waals surface area contributed by atoms with Crippen LogP contribution >= 0.6 is 7.82 Å². The molecule has 306 valence electrons. The maximum Gasteiger partial charge on any atom is 0.472 e. The third-order valence-corrected chi connectivity index (χ3v) is 10.1. The molecule has 9 nitrogen and oxygen atoms in total. The third kappa shape index (κ3) is 38.2. The van der Waals surface area contributed by atoms with Crippen molar-refractivity contribution in [2.45, 2.75) is 187 Å². The smallest absolute Gasteiger partial charge is 0.462 e. The number of nitrogens with zero attached hydrogens (tertiary/aromatic N) is 1. The van der Waals surface area contributed by atoms with Gasteiger partial charge in [0.15, 0.2) is 6.10 Å². The predicted octanol–water partition coefficient (Wildman–Crippen LogP) is 11.6. The van der Waals surface area contributed by atoms with Crippen molar-refractivity contribution in [3.63, 3.8) is 0 Å². The summed E-state index contributed by atoms with van der Waals surface area (Å²) in [5.41, 5.74) is 0. The van der Waals surface area contributed by atoms with E-state index in [0.29, 0.717) is 11.0 Å². The minimum absolute atomic E-state index is 0.0179. The van der Waals surface area contributed by atoms with Gasteiger partial charge in [-0.1, -0.05) is 173 Å². The van der Waals surface area contributed by atoms with E-state index in [9.17, 15) is 19.0 Å². The fourth-order valence-corrected chi connectivity index (χ4v) is 6.49. The number of phosphoric acid groups is 1. The van der Waals surface area contributed by atoms with E-state index in [1.807, 2.05) is 33.3 Å². The number of esters is 2. The van der Waals surface area contributed by atoms with Gasteiger partial charge in [0, 0.05) is 12.5 Å². The molecule has 0 aliphatic heterocycles. The molecule has 0 spiro atoms. The Hall–Kier alpha value is -1.51. The van der Waals surface area contributed by atoms with Gasteiger partial charge in [-0.2, -0.15) is 0 Å². The van der Waals surface area contributed by atoms with E-state index >= 15 is 0 Å². The zero-order valence-corrected chi connectivity index (χ0v) is 35.2. The van der Waals surface area contributed by atoms with Crippen LogP contribution in [0.15, 0.2) is 24.3 Å². The summed E-state index contributed by atoms with van der Waals surface area (Å²) in [6.45, 7) is 4.30. The lowest BCUT2D eigenvalue weighted by Gasteiger charge is -2.24. The Morgan fingerprint density at radius 2 is 1.10 bits per heavy atom. The highest BCUT2D eigenvalue weighted by molar-refractivity contribution is 7.47. The van der Waals surface area contributed by atoms with Gasteiger partial charge < -0.3 is 18.9 Å². The number of ether oxygens (including phenoxy) is 2. The Bertz CT molecular complexity index is 949. The van der Waals surface area contributed by atoms with Gasteiger partial charge in [0.25, 0.3) is 0 Å². The number of quaternary nitrogens is 1. The molecule has 2 atom stereocenters. The SMILES string of the molecule is CCCCCCCCCCCC=CC=CC(=O)O[C@H](COC(=O)CCCCCCCCCCCCCCCCC)COP(=O)(O)OCC[N+](C)(C)C. The number of unbranched alkanes of at least 4 members (excludes halogenated alkanes) is 23. The van der Waals surface area contributed by atoms with Gasteiger partial charge in [0.1, 0.15) is 19.8 Å². The maximum atomic E-state index is 12.5. The first-order valence-electron chi connectivity index (χ1n) is 21.1. The summed E-state index contributed by atoms with van der Waals surface area (Å²) in [5, 5.41) is 0. The number of carbonyl (C=O) groups is 2. The van der Waals surface area contributed by atoms with E-state index in [4.69, 9.17) is 18.5 Å². The van der Waals surface area contributed by atoms with Crippen molar-refractivity contribution in [1.82, 2.24) is 0 Å². The van der Waals surface area contributed by atoms with Gasteiger partial charge in [-0.3, -0.25) is 13.8 Å². The van der Waals surface area contributed by atoms with Gasteiger partial charge in [-0.25, -0.2) is 9.36 Å². The zero-order valence-electron chi connectivity index (χ0n) is 34.3. The summed E-state index contributed by atoms with van der Waals surface area (Å²) in [6, 6.07) is 0. The molecule has 0 aliphatic rings. The van der Waals surface area contributed by atoms with Crippen LogP contribution in [0.2, 0.25) is 0 Å². The Balaban J connectivity index is 4.46. The van der Waals surface area contributed by atoms with Crippen molar-refractivity contribution in [3.05, 3.63) is 24.3 Å². The summed E-state index contributed by atoms with van der Waals surface area (Å²) in [7, 11) is 1.43. The van der Waals surface area contributed by atoms with E-state index < -0.39 is 32.5 Å². The number of hydrogen-bond acceptors (Lipinski definition) is 7. The molecule has 0 aromatic heterocycles. The van der Waals surface area contributed by atoms with Crippen LogP contribution in [0, 0.1) is 0 Å². The van der Waals surface area contributed by atoms with Crippen LogP contribution < -0.4 is 0 Å². The van der Waals surface area contributed by atoms with E-state index in [1.54, 1.807) is 6.08 Å². The quantitative estimate of drug-likeness (QED) is 0.0166. The number of allylic oxidation sites excluding steroid dienone is 3. The molecule has 0 rings (SSSR count). The largest absolute Gasteiger partial charge is 0.472 e. The Morgan fingerprint density at radius 1 is 0.635 bits per heavy atom. The molecular weight excluding hydrogens is 677 g/mol. The molecule has 0 amide bonds. The highest BCUT2D eigenvalue weighted by atomic mass is 31.2. The van der Waals surface area contributed by atoms with Crippen molar-refractivity contribution >= 4 is 19.8 Å². The third-order valence-electron chi connectivity index (χ3n) is 9.09. The molecule has 0 saturated carbocycles. The first kappa shape index (κ1) is 50.5. The van der Waals surface area contributed by atoms with Gasteiger partial charge in [-0.15, -0.1) is 0 Å². The summed E-state index contributed by atoms with van der Waals surface area (Å²) in [4.78, 5) is 35.1. The van der Waals surface area contributed by atoms with Gasteiger partial charge >= 0.3 is 19.8 Å². The van der Waals surface area contributed by atoms with E-state index in [2.05, 4.69) is 13.8 Å². The molecule has 0 aliphatic carbocycles. The lowest BCUT2D eigenvalue weighted by Crippen LogP contribution is -2.37. The number of hydrogen-bond donors (Lipinski definition) is 1. The molecule has 52 heavy (non-hydrogen) atoms. The van der Waals surface area contributed by atoms with Crippen LogP contribution in [0.4, 0.5) is 0 Å². The van der Waals surface area contributed by atoms with Crippen LogP contribution in [-0.4, -0.2) is 74.9 Å². The Labute approximate surface area is 319 Å². The summed E-state index contributed by atoms with van der Waals surface area (Å²) >= 11 is 0. The first-order valence-corrected chi connectivity index (χ1v) is 22.6. The summed E-state index contributed by atoms with van der Waals surface area (Å²) in [6.07, 6.45) is 37.1. The average Bonchev–Trinajstić information content (AvgIpc) is 3.09. The summed E-state index contributed by atoms with van der Waals surface area (Å²) < 4.78 is 34.0. The average molecular weight is 759 g/mol. The fraction of sp³-hybridized carbons (Fsp3) is 0.857. The molecule has 0 aromatic carbocycles. The second-order valence-electron chi connectivity index (χ2n) is 15.5. The minimum Gasteiger partial charge on any atom is -0.462 e.